The van der Waals surface area contributed by atoms with E-state index in [1.54, 1.807) is 19.2 Å². The van der Waals surface area contributed by atoms with Crippen LogP contribution in [-0.4, -0.2) is 22.2 Å². The van der Waals surface area contributed by atoms with Crippen molar-refractivity contribution in [2.75, 3.05) is 11.9 Å². The van der Waals surface area contributed by atoms with E-state index in [2.05, 4.69) is 15.6 Å². The predicted molar refractivity (Wildman–Crippen MR) is 85.9 cm³/mol. The van der Waals surface area contributed by atoms with Crippen LogP contribution >= 0.6 is 11.6 Å². The van der Waals surface area contributed by atoms with Crippen LogP contribution in [0.2, 0.25) is 5.02 Å². The fourth-order valence-electron chi connectivity index (χ4n) is 2.42. The molecule has 1 aliphatic rings. The summed E-state index contributed by atoms with van der Waals surface area (Å²) >= 11 is 6.10. The Morgan fingerprint density at radius 3 is 3.13 bits per heavy atom. The smallest absolute Gasteiger partial charge is 0.321 e. The van der Waals surface area contributed by atoms with Gasteiger partial charge in [0.1, 0.15) is 5.75 Å². The van der Waals surface area contributed by atoms with Crippen molar-refractivity contribution in [2.45, 2.75) is 12.5 Å². The molecule has 1 aromatic heterocycles. The van der Waals surface area contributed by atoms with Gasteiger partial charge in [-0.1, -0.05) is 23.7 Å². The molecule has 7 nitrogen and oxygen atoms in total. The van der Waals surface area contributed by atoms with Crippen LogP contribution < -0.4 is 20.9 Å². The van der Waals surface area contributed by atoms with Crippen LogP contribution in [0.5, 0.6) is 5.75 Å². The average Bonchev–Trinajstić information content (AvgIpc) is 2.53. The Bertz CT molecular complexity index is 806. The molecule has 2 heterocycles. The molecule has 0 saturated carbocycles. The lowest BCUT2D eigenvalue weighted by Gasteiger charge is -2.27. The number of halogens is 1. The maximum Gasteiger partial charge on any atom is 0.321 e. The van der Waals surface area contributed by atoms with E-state index in [1.807, 2.05) is 6.07 Å². The van der Waals surface area contributed by atoms with Crippen LogP contribution in [0.1, 0.15) is 18.0 Å². The summed E-state index contributed by atoms with van der Waals surface area (Å²) in [5.74, 6) is 0.561. The monoisotopic (exact) mass is 334 g/mol. The van der Waals surface area contributed by atoms with Crippen molar-refractivity contribution < 1.29 is 9.53 Å². The molecule has 0 radical (unpaired) electrons. The van der Waals surface area contributed by atoms with Crippen LogP contribution in [0.4, 0.5) is 10.6 Å². The minimum absolute atomic E-state index is 0.0223. The number of amides is 2. The Balaban J connectivity index is 1.76. The molecular weight excluding hydrogens is 320 g/mol. The third-order valence-corrected chi connectivity index (χ3v) is 3.88. The zero-order valence-corrected chi connectivity index (χ0v) is 13.1. The maximum absolute atomic E-state index is 12.2. The molecule has 0 spiro atoms. The van der Waals surface area contributed by atoms with Crippen molar-refractivity contribution in [1.82, 2.24) is 14.9 Å². The first kappa shape index (κ1) is 15.4. The SMILES string of the molecule is Cn1ccnc(NC(=O)N[C@@H]2CCOc3c(Cl)cccc32)c1=O. The van der Waals surface area contributed by atoms with Crippen LogP contribution in [0.3, 0.4) is 0 Å². The first-order valence-corrected chi connectivity index (χ1v) is 7.44. The Kier molecular flexibility index (Phi) is 4.20. The molecule has 2 amide bonds. The van der Waals surface area contributed by atoms with Crippen LogP contribution in [0.15, 0.2) is 35.4 Å². The molecule has 0 saturated heterocycles. The quantitative estimate of drug-likeness (QED) is 0.880. The number of ether oxygens (including phenoxy) is 1. The van der Waals surface area contributed by atoms with E-state index in [4.69, 9.17) is 16.3 Å². The minimum Gasteiger partial charge on any atom is -0.492 e. The number of aryl methyl sites for hydroxylation is 1. The lowest BCUT2D eigenvalue weighted by molar-refractivity contribution is 0.232. The summed E-state index contributed by atoms with van der Waals surface area (Å²) in [5.41, 5.74) is 0.436. The first-order chi connectivity index (χ1) is 11.1. The van der Waals surface area contributed by atoms with Gasteiger partial charge in [0.2, 0.25) is 5.82 Å². The molecule has 8 heteroatoms. The van der Waals surface area contributed by atoms with E-state index < -0.39 is 6.03 Å². The predicted octanol–water partition coefficient (Wildman–Crippen LogP) is 2.08. The van der Waals surface area contributed by atoms with Crippen LogP contribution in [0.25, 0.3) is 0 Å². The van der Waals surface area contributed by atoms with Crippen LogP contribution in [0, 0.1) is 0 Å². The molecule has 0 aliphatic carbocycles. The van der Waals surface area contributed by atoms with E-state index in [1.165, 1.54) is 17.0 Å². The molecule has 120 valence electrons. The molecule has 23 heavy (non-hydrogen) atoms. The van der Waals surface area contributed by atoms with Gasteiger partial charge in [-0.2, -0.15) is 0 Å². The number of urea groups is 1. The highest BCUT2D eigenvalue weighted by Gasteiger charge is 2.25. The number of hydrogen-bond donors (Lipinski definition) is 2. The summed E-state index contributed by atoms with van der Waals surface area (Å²) in [6, 6.07) is 4.64. The van der Waals surface area contributed by atoms with Gasteiger partial charge in [0.25, 0.3) is 5.56 Å². The normalized spacial score (nSPS) is 16.2. The van der Waals surface area contributed by atoms with E-state index in [-0.39, 0.29) is 17.4 Å². The van der Waals surface area contributed by atoms with Crippen molar-refractivity contribution in [3.63, 3.8) is 0 Å². The van der Waals surface area contributed by atoms with Gasteiger partial charge < -0.3 is 14.6 Å². The average molecular weight is 335 g/mol. The molecule has 2 aromatic rings. The standard InChI is InChI=1S/C15H15ClN4O3/c1-20-7-6-17-13(14(20)21)19-15(22)18-11-5-8-23-12-9(11)3-2-4-10(12)16/h2-4,6-7,11H,5,8H2,1H3,(H2,17,18,19,22)/t11-/m1/s1. The molecule has 1 aliphatic heterocycles. The number of para-hydroxylation sites is 1. The van der Waals surface area contributed by atoms with Gasteiger partial charge in [-0.3, -0.25) is 10.1 Å². The summed E-state index contributed by atoms with van der Waals surface area (Å²) in [7, 11) is 1.59. The summed E-state index contributed by atoms with van der Waals surface area (Å²) in [5, 5.41) is 5.80. The Labute approximate surface area is 137 Å². The van der Waals surface area contributed by atoms with Crippen molar-refractivity contribution >= 4 is 23.4 Å². The number of anilines is 1. The fourth-order valence-corrected chi connectivity index (χ4v) is 2.66. The van der Waals surface area contributed by atoms with Gasteiger partial charge in [0.05, 0.1) is 17.7 Å². The summed E-state index contributed by atoms with van der Waals surface area (Å²) in [4.78, 5) is 27.9. The van der Waals surface area contributed by atoms with E-state index in [9.17, 15) is 9.59 Å². The molecule has 0 fully saturated rings. The van der Waals surface area contributed by atoms with E-state index in [0.717, 1.165) is 5.56 Å². The number of aromatic nitrogens is 2. The van der Waals surface area contributed by atoms with Crippen molar-refractivity contribution in [1.29, 1.82) is 0 Å². The zero-order valence-electron chi connectivity index (χ0n) is 12.4. The number of nitrogens with zero attached hydrogens (tertiary/aromatic N) is 2. The topological polar surface area (TPSA) is 85.2 Å². The first-order valence-electron chi connectivity index (χ1n) is 7.06. The second-order valence-corrected chi connectivity index (χ2v) is 5.55. The maximum atomic E-state index is 12.2. The molecule has 0 unspecified atom stereocenters. The molecular formula is C15H15ClN4O3. The molecule has 0 bridgehead atoms. The molecule has 1 atom stereocenters. The van der Waals surface area contributed by atoms with Crippen molar-refractivity contribution in [3.05, 3.63) is 51.5 Å². The number of carbonyl (C=O) groups is 1. The van der Waals surface area contributed by atoms with Gasteiger partial charge in [-0.05, 0) is 6.07 Å². The van der Waals surface area contributed by atoms with Gasteiger partial charge >= 0.3 is 6.03 Å². The van der Waals surface area contributed by atoms with E-state index in [0.29, 0.717) is 23.8 Å². The highest BCUT2D eigenvalue weighted by molar-refractivity contribution is 6.32. The largest absolute Gasteiger partial charge is 0.492 e. The molecule has 2 N–H and O–H groups in total. The van der Waals surface area contributed by atoms with Crippen molar-refractivity contribution in [2.24, 2.45) is 7.05 Å². The van der Waals surface area contributed by atoms with E-state index >= 15 is 0 Å². The number of carbonyl (C=O) groups excluding carboxylic acids is 1. The van der Waals surface area contributed by atoms with Gasteiger partial charge in [0, 0.05) is 31.4 Å². The number of nitrogens with one attached hydrogen (secondary N) is 2. The fraction of sp³-hybridized carbons (Fsp3) is 0.267. The van der Waals surface area contributed by atoms with Gasteiger partial charge in [-0.15, -0.1) is 0 Å². The van der Waals surface area contributed by atoms with Crippen LogP contribution in [-0.2, 0) is 7.05 Å². The summed E-state index contributed by atoms with van der Waals surface area (Å²) in [6.45, 7) is 0.451. The second-order valence-electron chi connectivity index (χ2n) is 5.14. The Morgan fingerprint density at radius 2 is 2.30 bits per heavy atom. The van der Waals surface area contributed by atoms with Gasteiger partial charge in [0.15, 0.2) is 0 Å². The second kappa shape index (κ2) is 6.29. The number of benzene rings is 1. The lowest BCUT2D eigenvalue weighted by atomic mass is 10.0. The third kappa shape index (κ3) is 3.14. The summed E-state index contributed by atoms with van der Waals surface area (Å²) in [6.07, 6.45) is 3.57. The Hall–Kier alpha value is -2.54. The zero-order chi connectivity index (χ0) is 16.4. The highest BCUT2D eigenvalue weighted by atomic mass is 35.5. The van der Waals surface area contributed by atoms with Gasteiger partial charge in [-0.25, -0.2) is 9.78 Å². The summed E-state index contributed by atoms with van der Waals surface area (Å²) < 4.78 is 6.89. The highest BCUT2D eigenvalue weighted by Crippen LogP contribution is 2.37. The Morgan fingerprint density at radius 1 is 1.48 bits per heavy atom. The van der Waals surface area contributed by atoms with Crippen molar-refractivity contribution in [3.8, 4) is 5.75 Å². The number of fused-ring (bicyclic) bond motifs is 1. The number of rotatable bonds is 2. The third-order valence-electron chi connectivity index (χ3n) is 3.58. The lowest BCUT2D eigenvalue weighted by Crippen LogP contribution is -2.37. The number of hydrogen-bond acceptors (Lipinski definition) is 4. The minimum atomic E-state index is -0.501. The molecule has 1 aromatic carbocycles. The molecule has 3 rings (SSSR count).